The summed E-state index contributed by atoms with van der Waals surface area (Å²) in [4.78, 5) is 34.3. The Morgan fingerprint density at radius 2 is 1.97 bits per heavy atom. The van der Waals surface area contributed by atoms with Crippen molar-refractivity contribution in [2.24, 2.45) is 5.73 Å². The molecule has 0 unspecified atom stereocenters. The van der Waals surface area contributed by atoms with Crippen molar-refractivity contribution in [1.29, 1.82) is 0 Å². The van der Waals surface area contributed by atoms with Gasteiger partial charge in [0, 0.05) is 32.7 Å². The number of hydrogen-bond donors (Lipinski definition) is 3. The Hall–Kier alpha value is -3.16. The van der Waals surface area contributed by atoms with Crippen LogP contribution in [0.2, 0.25) is 0 Å². The van der Waals surface area contributed by atoms with Gasteiger partial charge < -0.3 is 21.3 Å². The van der Waals surface area contributed by atoms with Crippen LogP contribution in [-0.2, 0) is 11.2 Å². The third kappa shape index (κ3) is 5.66. The molecule has 2 rings (SSSR count). The molecule has 0 saturated carbocycles. The Bertz CT molecular complexity index is 883. The van der Waals surface area contributed by atoms with Gasteiger partial charge in [-0.15, -0.1) is 0 Å². The Balaban J connectivity index is 2.38. The fourth-order valence-electron chi connectivity index (χ4n) is 2.89. The zero-order chi connectivity index (χ0) is 21.6. The van der Waals surface area contributed by atoms with Gasteiger partial charge >= 0.3 is 0 Å². The lowest BCUT2D eigenvalue weighted by Crippen LogP contribution is -2.24. The van der Waals surface area contributed by atoms with E-state index in [0.29, 0.717) is 18.8 Å². The van der Waals surface area contributed by atoms with Crippen molar-refractivity contribution < 1.29 is 9.59 Å². The number of rotatable bonds is 9. The first-order chi connectivity index (χ1) is 13.8. The van der Waals surface area contributed by atoms with Crippen LogP contribution in [0.4, 0.5) is 17.3 Å². The molecule has 2 aromatic rings. The fourth-order valence-corrected chi connectivity index (χ4v) is 2.89. The number of nitrogens with one attached hydrogen (secondary N) is 2. The van der Waals surface area contributed by atoms with Crippen LogP contribution in [0, 0.1) is 0 Å². The molecule has 4 N–H and O–H groups in total. The van der Waals surface area contributed by atoms with Gasteiger partial charge in [0.2, 0.25) is 5.91 Å². The topological polar surface area (TPSA) is 113 Å². The van der Waals surface area contributed by atoms with Crippen molar-refractivity contribution in [3.63, 3.8) is 0 Å². The normalized spacial score (nSPS) is 11.6. The molecule has 1 heterocycles. The third-order valence-corrected chi connectivity index (χ3v) is 4.73. The fraction of sp³-hybridized carbons (Fsp3) is 0.429. The average Bonchev–Trinajstić information content (AvgIpc) is 2.71. The number of benzene rings is 1. The number of nitrogens with two attached hydrogens (primary N) is 1. The molecular formula is C21H30N6O2. The highest BCUT2D eigenvalue weighted by Gasteiger charge is 2.19. The predicted octanol–water partition coefficient (Wildman–Crippen LogP) is 2.58. The molecular weight excluding hydrogens is 368 g/mol. The van der Waals surface area contributed by atoms with Crippen LogP contribution in [-0.4, -0.2) is 41.9 Å². The maximum absolute atomic E-state index is 12.0. The number of nitrogens with zero attached hydrogens (tertiary/aromatic N) is 3. The minimum absolute atomic E-state index is 0.0592. The summed E-state index contributed by atoms with van der Waals surface area (Å²) in [5.41, 5.74) is 8.22. The second-order valence-corrected chi connectivity index (χ2v) is 7.01. The van der Waals surface area contributed by atoms with Crippen LogP contribution < -0.4 is 21.3 Å². The van der Waals surface area contributed by atoms with Gasteiger partial charge in [-0.1, -0.05) is 26.0 Å². The number of aromatic nitrogens is 2. The minimum atomic E-state index is -0.629. The number of primary amides is 1. The van der Waals surface area contributed by atoms with Crippen molar-refractivity contribution >= 4 is 29.1 Å². The molecule has 2 amide bonds. The van der Waals surface area contributed by atoms with Gasteiger partial charge in [-0.05, 0) is 37.0 Å². The van der Waals surface area contributed by atoms with Crippen molar-refractivity contribution in [2.45, 2.75) is 40.0 Å². The highest BCUT2D eigenvalue weighted by atomic mass is 16.1. The van der Waals surface area contributed by atoms with Crippen molar-refractivity contribution in [2.75, 3.05) is 30.4 Å². The monoisotopic (exact) mass is 398 g/mol. The van der Waals surface area contributed by atoms with Crippen molar-refractivity contribution in [3.8, 4) is 0 Å². The zero-order valence-corrected chi connectivity index (χ0v) is 17.7. The van der Waals surface area contributed by atoms with E-state index < -0.39 is 5.91 Å². The molecule has 156 valence electrons. The van der Waals surface area contributed by atoms with Crippen molar-refractivity contribution in [1.82, 2.24) is 15.3 Å². The molecule has 8 nitrogen and oxygen atoms in total. The lowest BCUT2D eigenvalue weighted by atomic mass is 10.0. The Morgan fingerprint density at radius 1 is 1.24 bits per heavy atom. The summed E-state index contributed by atoms with van der Waals surface area (Å²) < 4.78 is 0. The molecule has 0 aliphatic heterocycles. The summed E-state index contributed by atoms with van der Waals surface area (Å²) in [6.07, 6.45) is 0.642. The molecule has 29 heavy (non-hydrogen) atoms. The predicted molar refractivity (Wildman–Crippen MR) is 116 cm³/mol. The van der Waals surface area contributed by atoms with E-state index in [9.17, 15) is 9.59 Å². The summed E-state index contributed by atoms with van der Waals surface area (Å²) in [5, 5.41) is 6.02. The van der Waals surface area contributed by atoms with Crippen LogP contribution in [0.3, 0.4) is 0 Å². The minimum Gasteiger partial charge on any atom is -0.364 e. The summed E-state index contributed by atoms with van der Waals surface area (Å²) in [5.74, 6) is 0.493. The maximum Gasteiger partial charge on any atom is 0.271 e. The molecule has 0 spiro atoms. The molecule has 8 heteroatoms. The molecule has 1 aromatic heterocycles. The van der Waals surface area contributed by atoms with Gasteiger partial charge in [0.25, 0.3) is 5.91 Å². The second-order valence-electron chi connectivity index (χ2n) is 7.01. The summed E-state index contributed by atoms with van der Waals surface area (Å²) in [7, 11) is 1.93. The molecule has 0 saturated heterocycles. The highest BCUT2D eigenvalue weighted by molar-refractivity contribution is 5.96. The molecule has 0 aliphatic carbocycles. The lowest BCUT2D eigenvalue weighted by Gasteiger charge is -2.21. The van der Waals surface area contributed by atoms with E-state index in [1.54, 1.807) is 0 Å². The number of hydrogen-bond acceptors (Lipinski definition) is 6. The van der Waals surface area contributed by atoms with E-state index in [1.165, 1.54) is 6.92 Å². The molecule has 0 radical (unpaired) electrons. The second kappa shape index (κ2) is 9.86. The van der Waals surface area contributed by atoms with Gasteiger partial charge in [0.05, 0.1) is 5.69 Å². The van der Waals surface area contributed by atoms with Gasteiger partial charge in [-0.2, -0.15) is 0 Å². The Kier molecular flexibility index (Phi) is 7.52. The number of anilines is 3. The third-order valence-electron chi connectivity index (χ3n) is 4.73. The molecule has 1 atom stereocenters. The standard InChI is InChI=1S/C21H30N6O2/c1-6-17-21(27(5)7-2)26-20(18(25-17)19(22)29)24-16-10-8-9-15(11-16)13(3)12-23-14(4)28/h8-11,13H,6-7,12H2,1-5H3,(H2,22,29)(H,23,28)(H,24,26)/t13-/m0/s1. The van der Waals surface area contributed by atoms with Crippen LogP contribution in [0.25, 0.3) is 0 Å². The number of carbonyl (C=O) groups excluding carboxylic acids is 2. The summed E-state index contributed by atoms with van der Waals surface area (Å²) in [6, 6.07) is 7.77. The van der Waals surface area contributed by atoms with Gasteiger partial charge in [-0.3, -0.25) is 9.59 Å². The van der Waals surface area contributed by atoms with Gasteiger partial charge in [0.1, 0.15) is 0 Å². The lowest BCUT2D eigenvalue weighted by molar-refractivity contribution is -0.119. The highest BCUT2D eigenvalue weighted by Crippen LogP contribution is 2.26. The summed E-state index contributed by atoms with van der Waals surface area (Å²) >= 11 is 0. The molecule has 1 aromatic carbocycles. The van der Waals surface area contributed by atoms with E-state index in [1.807, 2.05) is 57.0 Å². The number of aryl methyl sites for hydroxylation is 1. The van der Waals surface area contributed by atoms with E-state index in [-0.39, 0.29) is 17.5 Å². The first-order valence-electron chi connectivity index (χ1n) is 9.80. The maximum atomic E-state index is 12.0. The van der Waals surface area contributed by atoms with Crippen molar-refractivity contribution in [3.05, 3.63) is 41.2 Å². The molecule has 0 fully saturated rings. The Labute approximate surface area is 171 Å². The zero-order valence-electron chi connectivity index (χ0n) is 17.7. The van der Waals surface area contributed by atoms with Crippen LogP contribution >= 0.6 is 0 Å². The largest absolute Gasteiger partial charge is 0.364 e. The van der Waals surface area contributed by atoms with Crippen LogP contribution in [0.1, 0.15) is 55.4 Å². The SMILES string of the molecule is CCc1nc(C(N)=O)c(Nc2cccc([C@@H](C)CNC(C)=O)c2)nc1N(C)CC. The first-order valence-corrected chi connectivity index (χ1v) is 9.80. The van der Waals surface area contributed by atoms with Gasteiger partial charge in [-0.25, -0.2) is 9.97 Å². The van der Waals surface area contributed by atoms with E-state index in [4.69, 9.17) is 5.73 Å². The molecule has 0 bridgehead atoms. The van der Waals surface area contributed by atoms with E-state index in [0.717, 1.165) is 29.3 Å². The van der Waals surface area contributed by atoms with Crippen LogP contribution in [0.5, 0.6) is 0 Å². The smallest absolute Gasteiger partial charge is 0.271 e. The quantitative estimate of drug-likeness (QED) is 0.598. The molecule has 0 aliphatic rings. The van der Waals surface area contributed by atoms with Crippen LogP contribution in [0.15, 0.2) is 24.3 Å². The van der Waals surface area contributed by atoms with E-state index >= 15 is 0 Å². The van der Waals surface area contributed by atoms with Gasteiger partial charge in [0.15, 0.2) is 17.3 Å². The summed E-state index contributed by atoms with van der Waals surface area (Å²) in [6.45, 7) is 8.83. The first kappa shape index (κ1) is 22.1. The Morgan fingerprint density at radius 3 is 2.55 bits per heavy atom. The number of carbonyl (C=O) groups is 2. The average molecular weight is 399 g/mol. The van der Waals surface area contributed by atoms with E-state index in [2.05, 4.69) is 20.6 Å². The number of amides is 2.